The molecule has 1 aromatic carbocycles. The first-order valence-corrected chi connectivity index (χ1v) is 5.65. The van der Waals surface area contributed by atoms with Crippen LogP contribution >= 0.6 is 0 Å². The minimum atomic E-state index is -0.719. The molecule has 1 heterocycles. The molecule has 2 rings (SSSR count). The van der Waals surface area contributed by atoms with E-state index in [9.17, 15) is 9.90 Å². The Morgan fingerprint density at radius 2 is 2.00 bits per heavy atom. The molecule has 0 aromatic heterocycles. The maximum Gasteiger partial charge on any atom is 0.321 e. The number of aliphatic carboxylic acids is 1. The molecule has 0 fully saturated rings. The standard InChI is InChI=1S/C13H17NO2/c1-9(2)14-8-11-6-4-3-5-10(11)7-12(14)13(15)16/h3-6,9,12H,7-8H2,1-2H3,(H,15,16)/t12-/m0/s1. The van der Waals surface area contributed by atoms with Crippen LogP contribution in [0.5, 0.6) is 0 Å². The van der Waals surface area contributed by atoms with Gasteiger partial charge in [-0.2, -0.15) is 0 Å². The van der Waals surface area contributed by atoms with Crippen LogP contribution in [0, 0.1) is 0 Å². The highest BCUT2D eigenvalue weighted by Crippen LogP contribution is 2.24. The summed E-state index contributed by atoms with van der Waals surface area (Å²) in [5.74, 6) is -0.719. The quantitative estimate of drug-likeness (QED) is 0.826. The molecule has 0 saturated carbocycles. The molecular weight excluding hydrogens is 202 g/mol. The first kappa shape index (κ1) is 11.1. The summed E-state index contributed by atoms with van der Waals surface area (Å²) in [6, 6.07) is 7.98. The van der Waals surface area contributed by atoms with Crippen molar-refractivity contribution in [3.63, 3.8) is 0 Å². The van der Waals surface area contributed by atoms with E-state index in [0.29, 0.717) is 6.42 Å². The molecule has 16 heavy (non-hydrogen) atoms. The van der Waals surface area contributed by atoms with E-state index >= 15 is 0 Å². The number of carbonyl (C=O) groups is 1. The second-order valence-electron chi connectivity index (χ2n) is 4.59. The molecular formula is C13H17NO2. The second-order valence-corrected chi connectivity index (χ2v) is 4.59. The Labute approximate surface area is 95.7 Å². The van der Waals surface area contributed by atoms with E-state index in [-0.39, 0.29) is 12.1 Å². The van der Waals surface area contributed by atoms with Gasteiger partial charge in [-0.15, -0.1) is 0 Å². The van der Waals surface area contributed by atoms with Crippen LogP contribution in [0.1, 0.15) is 25.0 Å². The predicted molar refractivity (Wildman–Crippen MR) is 62.2 cm³/mol. The summed E-state index contributed by atoms with van der Waals surface area (Å²) in [6.45, 7) is 4.83. The smallest absolute Gasteiger partial charge is 0.321 e. The van der Waals surface area contributed by atoms with Gasteiger partial charge in [-0.3, -0.25) is 9.69 Å². The van der Waals surface area contributed by atoms with Crippen molar-refractivity contribution in [1.82, 2.24) is 4.90 Å². The minimum absolute atomic E-state index is 0.259. The first-order valence-electron chi connectivity index (χ1n) is 5.65. The topological polar surface area (TPSA) is 40.5 Å². The summed E-state index contributed by atoms with van der Waals surface area (Å²) in [5, 5.41) is 9.24. The maximum absolute atomic E-state index is 11.2. The van der Waals surface area contributed by atoms with E-state index in [1.807, 2.05) is 36.9 Å². The predicted octanol–water partition coefficient (Wildman–Crippen LogP) is 1.91. The molecule has 1 aromatic rings. The molecule has 86 valence electrons. The maximum atomic E-state index is 11.2. The van der Waals surface area contributed by atoms with E-state index in [0.717, 1.165) is 6.54 Å². The van der Waals surface area contributed by atoms with Crippen LogP contribution in [-0.2, 0) is 17.8 Å². The zero-order chi connectivity index (χ0) is 11.7. The van der Waals surface area contributed by atoms with Gasteiger partial charge in [0.2, 0.25) is 0 Å². The van der Waals surface area contributed by atoms with Crippen LogP contribution in [0.15, 0.2) is 24.3 Å². The van der Waals surface area contributed by atoms with Gasteiger partial charge in [0, 0.05) is 12.6 Å². The lowest BCUT2D eigenvalue weighted by Gasteiger charge is -2.37. The molecule has 1 atom stereocenters. The summed E-state index contributed by atoms with van der Waals surface area (Å²) in [4.78, 5) is 13.3. The van der Waals surface area contributed by atoms with E-state index in [1.165, 1.54) is 11.1 Å². The summed E-state index contributed by atoms with van der Waals surface area (Å²) < 4.78 is 0. The average Bonchev–Trinajstić information content (AvgIpc) is 2.27. The third-order valence-electron chi connectivity index (χ3n) is 3.23. The van der Waals surface area contributed by atoms with Crippen LogP contribution in [0.3, 0.4) is 0 Å². The van der Waals surface area contributed by atoms with Crippen LogP contribution < -0.4 is 0 Å². The summed E-state index contributed by atoms with van der Waals surface area (Å²) in [5.41, 5.74) is 2.43. The fraction of sp³-hybridized carbons (Fsp3) is 0.462. The summed E-state index contributed by atoms with van der Waals surface area (Å²) in [7, 11) is 0. The Hall–Kier alpha value is -1.35. The molecule has 3 nitrogen and oxygen atoms in total. The Bertz CT molecular complexity index is 401. The highest BCUT2D eigenvalue weighted by Gasteiger charge is 2.32. The Morgan fingerprint density at radius 1 is 1.38 bits per heavy atom. The van der Waals surface area contributed by atoms with Gasteiger partial charge >= 0.3 is 5.97 Å². The van der Waals surface area contributed by atoms with E-state index in [4.69, 9.17) is 0 Å². The van der Waals surface area contributed by atoms with E-state index in [2.05, 4.69) is 6.07 Å². The van der Waals surface area contributed by atoms with Gasteiger partial charge in [0.15, 0.2) is 0 Å². The molecule has 0 bridgehead atoms. The number of carboxylic acid groups (broad SMARTS) is 1. The van der Waals surface area contributed by atoms with Crippen LogP contribution in [-0.4, -0.2) is 28.1 Å². The molecule has 1 aliphatic heterocycles. The zero-order valence-corrected chi connectivity index (χ0v) is 9.68. The van der Waals surface area contributed by atoms with Gasteiger partial charge in [-0.05, 0) is 31.4 Å². The van der Waals surface area contributed by atoms with Crippen molar-refractivity contribution in [2.24, 2.45) is 0 Å². The van der Waals surface area contributed by atoms with Crippen molar-refractivity contribution >= 4 is 5.97 Å². The first-order chi connectivity index (χ1) is 7.59. The fourth-order valence-electron chi connectivity index (χ4n) is 2.31. The monoisotopic (exact) mass is 219 g/mol. The van der Waals surface area contributed by atoms with Crippen LogP contribution in [0.25, 0.3) is 0 Å². The lowest BCUT2D eigenvalue weighted by Crippen LogP contribution is -2.48. The summed E-state index contributed by atoms with van der Waals surface area (Å²) >= 11 is 0. The Kier molecular flexibility index (Phi) is 2.97. The fourth-order valence-corrected chi connectivity index (χ4v) is 2.31. The second kappa shape index (κ2) is 4.26. The molecule has 0 amide bonds. The third-order valence-corrected chi connectivity index (χ3v) is 3.23. The number of rotatable bonds is 2. The lowest BCUT2D eigenvalue weighted by molar-refractivity contribution is -0.144. The molecule has 0 aliphatic carbocycles. The van der Waals surface area contributed by atoms with Gasteiger partial charge in [-0.25, -0.2) is 0 Å². The number of hydrogen-bond acceptors (Lipinski definition) is 2. The highest BCUT2D eigenvalue weighted by molar-refractivity contribution is 5.74. The van der Waals surface area contributed by atoms with E-state index < -0.39 is 5.97 Å². The van der Waals surface area contributed by atoms with Crippen molar-refractivity contribution in [2.45, 2.75) is 38.9 Å². The molecule has 0 unspecified atom stereocenters. The van der Waals surface area contributed by atoms with Crippen molar-refractivity contribution in [1.29, 1.82) is 0 Å². The Balaban J connectivity index is 2.33. The van der Waals surface area contributed by atoms with Gasteiger partial charge in [0.05, 0.1) is 0 Å². The number of carboxylic acids is 1. The lowest BCUT2D eigenvalue weighted by atomic mass is 9.93. The normalized spacial score (nSPS) is 20.8. The number of benzene rings is 1. The van der Waals surface area contributed by atoms with Crippen LogP contribution in [0.4, 0.5) is 0 Å². The van der Waals surface area contributed by atoms with Crippen molar-refractivity contribution < 1.29 is 9.90 Å². The van der Waals surface area contributed by atoms with Gasteiger partial charge < -0.3 is 5.11 Å². The molecule has 0 spiro atoms. The highest BCUT2D eigenvalue weighted by atomic mass is 16.4. The number of nitrogens with zero attached hydrogens (tertiary/aromatic N) is 1. The number of hydrogen-bond donors (Lipinski definition) is 1. The van der Waals surface area contributed by atoms with Gasteiger partial charge in [-0.1, -0.05) is 24.3 Å². The van der Waals surface area contributed by atoms with Crippen LogP contribution in [0.2, 0.25) is 0 Å². The van der Waals surface area contributed by atoms with Crippen molar-refractivity contribution in [2.75, 3.05) is 0 Å². The Morgan fingerprint density at radius 3 is 2.56 bits per heavy atom. The molecule has 3 heteroatoms. The molecule has 0 saturated heterocycles. The van der Waals surface area contributed by atoms with Gasteiger partial charge in [0.25, 0.3) is 0 Å². The summed E-state index contributed by atoms with van der Waals surface area (Å²) in [6.07, 6.45) is 0.615. The number of fused-ring (bicyclic) bond motifs is 1. The van der Waals surface area contributed by atoms with E-state index in [1.54, 1.807) is 0 Å². The third kappa shape index (κ3) is 1.95. The van der Waals surface area contributed by atoms with Crippen molar-refractivity contribution in [3.8, 4) is 0 Å². The van der Waals surface area contributed by atoms with Crippen molar-refractivity contribution in [3.05, 3.63) is 35.4 Å². The SMILES string of the molecule is CC(C)N1Cc2ccccc2C[C@H]1C(=O)O. The van der Waals surface area contributed by atoms with Gasteiger partial charge in [0.1, 0.15) is 6.04 Å². The molecule has 1 N–H and O–H groups in total. The molecule has 1 aliphatic rings. The molecule has 0 radical (unpaired) electrons. The zero-order valence-electron chi connectivity index (χ0n) is 9.68. The minimum Gasteiger partial charge on any atom is -0.480 e. The largest absolute Gasteiger partial charge is 0.480 e. The average molecular weight is 219 g/mol.